The average molecular weight is 269 g/mol. The van der Waals surface area contributed by atoms with Crippen molar-refractivity contribution < 1.29 is 13.9 Å². The molecule has 0 aliphatic carbocycles. The smallest absolute Gasteiger partial charge is 0.159 e. The van der Waals surface area contributed by atoms with Gasteiger partial charge in [0.05, 0.1) is 11.6 Å². The number of hydrogen-bond donors (Lipinski definition) is 0. The van der Waals surface area contributed by atoms with Gasteiger partial charge in [-0.25, -0.2) is 4.39 Å². The van der Waals surface area contributed by atoms with Crippen LogP contribution in [0.1, 0.15) is 28.4 Å². The molecular formula is C16H12FNO2. The van der Waals surface area contributed by atoms with E-state index in [9.17, 15) is 9.18 Å². The van der Waals surface area contributed by atoms with Crippen molar-refractivity contribution in [2.45, 2.75) is 13.5 Å². The van der Waals surface area contributed by atoms with Crippen LogP contribution in [-0.4, -0.2) is 5.78 Å². The fourth-order valence-electron chi connectivity index (χ4n) is 1.70. The minimum absolute atomic E-state index is 0.0406. The van der Waals surface area contributed by atoms with E-state index in [2.05, 4.69) is 0 Å². The number of hydrogen-bond acceptors (Lipinski definition) is 3. The van der Waals surface area contributed by atoms with Crippen LogP contribution >= 0.6 is 0 Å². The molecule has 2 aromatic carbocycles. The van der Waals surface area contributed by atoms with E-state index in [4.69, 9.17) is 10.00 Å². The van der Waals surface area contributed by atoms with Crippen LogP contribution in [0.3, 0.4) is 0 Å². The number of ether oxygens (including phenoxy) is 1. The summed E-state index contributed by atoms with van der Waals surface area (Å²) in [6, 6.07) is 12.8. The summed E-state index contributed by atoms with van der Waals surface area (Å²) in [5, 5.41) is 8.66. The van der Waals surface area contributed by atoms with E-state index >= 15 is 0 Å². The monoisotopic (exact) mass is 269 g/mol. The van der Waals surface area contributed by atoms with Gasteiger partial charge < -0.3 is 4.74 Å². The maximum atomic E-state index is 13.7. The van der Waals surface area contributed by atoms with Crippen LogP contribution in [0.25, 0.3) is 0 Å². The maximum Gasteiger partial charge on any atom is 0.159 e. The number of Topliss-reactive ketones (excluding diaryl/α,β-unsaturated/α-hetero) is 1. The fraction of sp³-hybridized carbons (Fsp3) is 0.125. The Morgan fingerprint density at radius 2 is 2.10 bits per heavy atom. The molecule has 0 radical (unpaired) electrons. The topological polar surface area (TPSA) is 50.1 Å². The van der Waals surface area contributed by atoms with Gasteiger partial charge in [0.1, 0.15) is 18.2 Å². The predicted octanol–water partition coefficient (Wildman–Crippen LogP) is 3.48. The normalized spacial score (nSPS) is 9.85. The predicted molar refractivity (Wildman–Crippen MR) is 71.9 cm³/mol. The minimum Gasteiger partial charge on any atom is -0.489 e. The summed E-state index contributed by atoms with van der Waals surface area (Å²) in [6.45, 7) is 1.51. The van der Waals surface area contributed by atoms with E-state index in [1.165, 1.54) is 25.1 Å². The molecule has 0 atom stereocenters. The molecule has 100 valence electrons. The minimum atomic E-state index is -0.480. The van der Waals surface area contributed by atoms with Crippen molar-refractivity contribution in [3.63, 3.8) is 0 Å². The van der Waals surface area contributed by atoms with Crippen molar-refractivity contribution >= 4 is 5.78 Å². The van der Waals surface area contributed by atoms with Gasteiger partial charge >= 0.3 is 0 Å². The first-order valence-corrected chi connectivity index (χ1v) is 6.02. The van der Waals surface area contributed by atoms with Crippen LogP contribution in [-0.2, 0) is 6.61 Å². The fourth-order valence-corrected chi connectivity index (χ4v) is 1.70. The number of halogens is 1. The van der Waals surface area contributed by atoms with E-state index in [-0.39, 0.29) is 18.0 Å². The highest BCUT2D eigenvalue weighted by molar-refractivity contribution is 5.94. The number of rotatable bonds is 4. The van der Waals surface area contributed by atoms with Crippen molar-refractivity contribution in [3.05, 3.63) is 65.0 Å². The second-order valence-corrected chi connectivity index (χ2v) is 4.29. The Morgan fingerprint density at radius 3 is 2.75 bits per heavy atom. The van der Waals surface area contributed by atoms with Gasteiger partial charge in [-0.05, 0) is 31.2 Å². The summed E-state index contributed by atoms with van der Waals surface area (Å²) in [5.41, 5.74) is 1.17. The zero-order valence-corrected chi connectivity index (χ0v) is 10.9. The maximum absolute atomic E-state index is 13.7. The van der Waals surface area contributed by atoms with Crippen molar-refractivity contribution in [2.75, 3.05) is 0 Å². The van der Waals surface area contributed by atoms with Crippen LogP contribution in [0.2, 0.25) is 0 Å². The molecule has 2 rings (SSSR count). The number of ketones is 1. The lowest BCUT2D eigenvalue weighted by molar-refractivity contribution is 0.101. The lowest BCUT2D eigenvalue weighted by atomic mass is 10.1. The number of benzene rings is 2. The number of carbonyl (C=O) groups is 1. The molecular weight excluding hydrogens is 257 g/mol. The lowest BCUT2D eigenvalue weighted by Gasteiger charge is -2.08. The second-order valence-electron chi connectivity index (χ2n) is 4.29. The van der Waals surface area contributed by atoms with E-state index in [1.54, 1.807) is 24.3 Å². The van der Waals surface area contributed by atoms with Gasteiger partial charge in [0.2, 0.25) is 0 Å². The SMILES string of the molecule is CC(=O)c1cccc(OCc2ccc(C#N)cc2F)c1. The van der Waals surface area contributed by atoms with Gasteiger partial charge in [-0.1, -0.05) is 18.2 Å². The third-order valence-corrected chi connectivity index (χ3v) is 2.82. The highest BCUT2D eigenvalue weighted by Gasteiger charge is 2.06. The summed E-state index contributed by atoms with van der Waals surface area (Å²) in [4.78, 5) is 11.3. The van der Waals surface area contributed by atoms with Crippen LogP contribution < -0.4 is 4.74 Å². The highest BCUT2D eigenvalue weighted by atomic mass is 19.1. The second kappa shape index (κ2) is 5.98. The van der Waals surface area contributed by atoms with Crippen LogP contribution in [0.5, 0.6) is 5.75 Å². The molecule has 0 N–H and O–H groups in total. The molecule has 3 nitrogen and oxygen atoms in total. The molecule has 0 aliphatic rings. The van der Waals surface area contributed by atoms with Crippen molar-refractivity contribution in [3.8, 4) is 11.8 Å². The van der Waals surface area contributed by atoms with Gasteiger partial charge in [0.25, 0.3) is 0 Å². The average Bonchev–Trinajstić information content (AvgIpc) is 2.46. The first-order chi connectivity index (χ1) is 9.60. The molecule has 2 aromatic rings. The highest BCUT2D eigenvalue weighted by Crippen LogP contribution is 2.17. The van der Waals surface area contributed by atoms with Crippen molar-refractivity contribution in [2.24, 2.45) is 0 Å². The van der Waals surface area contributed by atoms with Gasteiger partial charge in [-0.2, -0.15) is 5.26 Å². The Bertz CT molecular complexity index is 689. The van der Waals surface area contributed by atoms with Crippen molar-refractivity contribution in [1.29, 1.82) is 5.26 Å². The summed E-state index contributed by atoms with van der Waals surface area (Å²) in [7, 11) is 0. The molecule has 0 saturated carbocycles. The molecule has 4 heteroatoms. The molecule has 0 unspecified atom stereocenters. The first-order valence-electron chi connectivity index (χ1n) is 6.02. The molecule has 0 bridgehead atoms. The molecule has 20 heavy (non-hydrogen) atoms. The molecule has 0 amide bonds. The quantitative estimate of drug-likeness (QED) is 0.798. The largest absolute Gasteiger partial charge is 0.489 e. The zero-order valence-electron chi connectivity index (χ0n) is 10.9. The molecule has 0 fully saturated rings. The van der Waals surface area contributed by atoms with E-state index in [0.717, 1.165) is 0 Å². The number of nitriles is 1. The van der Waals surface area contributed by atoms with E-state index in [1.807, 2.05) is 6.07 Å². The number of carbonyl (C=O) groups excluding carboxylic acids is 1. The van der Waals surface area contributed by atoms with Gasteiger partial charge in [0.15, 0.2) is 5.78 Å². The standard InChI is InChI=1S/C16H12FNO2/c1-11(19)13-3-2-4-15(8-13)20-10-14-6-5-12(9-18)7-16(14)17/h2-8H,10H2,1H3. The Balaban J connectivity index is 2.11. The molecule has 0 aliphatic heterocycles. The van der Waals surface area contributed by atoms with E-state index in [0.29, 0.717) is 16.9 Å². The molecule has 0 aromatic heterocycles. The summed E-state index contributed by atoms with van der Waals surface area (Å²) in [6.07, 6.45) is 0. The lowest BCUT2D eigenvalue weighted by Crippen LogP contribution is -2.00. The van der Waals surface area contributed by atoms with Crippen molar-refractivity contribution in [1.82, 2.24) is 0 Å². The summed E-state index contributed by atoms with van der Waals surface area (Å²) in [5.74, 6) is -0.0340. The first kappa shape index (κ1) is 13.8. The van der Waals surface area contributed by atoms with Gasteiger partial charge in [-0.3, -0.25) is 4.79 Å². The summed E-state index contributed by atoms with van der Waals surface area (Å²) < 4.78 is 19.1. The van der Waals surface area contributed by atoms with Gasteiger partial charge in [-0.15, -0.1) is 0 Å². The summed E-state index contributed by atoms with van der Waals surface area (Å²) >= 11 is 0. The Labute approximate surface area is 116 Å². The molecule has 0 heterocycles. The van der Waals surface area contributed by atoms with Crippen LogP contribution in [0.4, 0.5) is 4.39 Å². The zero-order chi connectivity index (χ0) is 14.5. The van der Waals surface area contributed by atoms with Crippen LogP contribution in [0, 0.1) is 17.1 Å². The van der Waals surface area contributed by atoms with Gasteiger partial charge in [0, 0.05) is 11.1 Å². The number of nitrogens with zero attached hydrogens (tertiary/aromatic N) is 1. The Hall–Kier alpha value is -2.67. The Morgan fingerprint density at radius 1 is 1.30 bits per heavy atom. The van der Waals surface area contributed by atoms with E-state index < -0.39 is 5.82 Å². The third-order valence-electron chi connectivity index (χ3n) is 2.82. The van der Waals surface area contributed by atoms with Crippen LogP contribution in [0.15, 0.2) is 42.5 Å². The molecule has 0 spiro atoms. The third kappa shape index (κ3) is 3.21. The molecule has 0 saturated heterocycles. The Kier molecular flexibility index (Phi) is 4.11.